The van der Waals surface area contributed by atoms with Crippen LogP contribution in [-0.2, 0) is 28.6 Å². The lowest BCUT2D eigenvalue weighted by Crippen LogP contribution is -2.29. The van der Waals surface area contributed by atoms with Gasteiger partial charge in [0.25, 0.3) is 11.7 Å². The molecule has 5 rings (SSSR count). The first kappa shape index (κ1) is 23.4. The average molecular weight is 498 g/mol. The number of thiophene rings is 1. The third kappa shape index (κ3) is 4.05. The third-order valence-electron chi connectivity index (χ3n) is 6.67. The van der Waals surface area contributed by atoms with Crippen LogP contribution in [0.25, 0.3) is 5.76 Å². The summed E-state index contributed by atoms with van der Waals surface area (Å²) in [6.45, 7) is 1.80. The van der Waals surface area contributed by atoms with Gasteiger partial charge in [-0.3, -0.25) is 14.5 Å². The summed E-state index contributed by atoms with van der Waals surface area (Å²) in [5.41, 5.74) is 2.40. The van der Waals surface area contributed by atoms with Crippen LogP contribution in [0.1, 0.15) is 51.6 Å². The molecule has 2 aliphatic rings. The first-order valence-electron chi connectivity index (χ1n) is 11.3. The van der Waals surface area contributed by atoms with Gasteiger partial charge >= 0.3 is 6.18 Å². The summed E-state index contributed by atoms with van der Waals surface area (Å²) in [6, 6.07) is 10.6. The smallest absolute Gasteiger partial charge is 0.416 e. The Morgan fingerprint density at radius 3 is 2.46 bits per heavy atom. The Balaban J connectivity index is 1.69. The largest absolute Gasteiger partial charge is 0.507 e. The van der Waals surface area contributed by atoms with Crippen LogP contribution in [0.15, 0.2) is 59.5 Å². The topological polar surface area (TPSA) is 57.6 Å². The van der Waals surface area contributed by atoms with Crippen molar-refractivity contribution in [3.05, 3.63) is 92.2 Å². The van der Waals surface area contributed by atoms with Crippen molar-refractivity contribution in [1.82, 2.24) is 0 Å². The monoisotopic (exact) mass is 497 g/mol. The lowest BCUT2D eigenvalue weighted by Gasteiger charge is -2.25. The van der Waals surface area contributed by atoms with Crippen molar-refractivity contribution in [2.45, 2.75) is 44.8 Å². The molecule has 0 spiro atoms. The number of anilines is 1. The van der Waals surface area contributed by atoms with E-state index in [0.29, 0.717) is 10.4 Å². The fourth-order valence-electron chi connectivity index (χ4n) is 4.88. The van der Waals surface area contributed by atoms with E-state index in [-0.39, 0.29) is 17.0 Å². The van der Waals surface area contributed by atoms with Gasteiger partial charge in [-0.05, 0) is 85.0 Å². The lowest BCUT2D eigenvalue weighted by atomic mass is 9.89. The normalized spacial score (nSPS) is 19.8. The van der Waals surface area contributed by atoms with Crippen molar-refractivity contribution >= 4 is 34.5 Å². The van der Waals surface area contributed by atoms with Crippen LogP contribution in [0.4, 0.5) is 18.9 Å². The second-order valence-corrected chi connectivity index (χ2v) is 9.82. The number of aryl methyl sites for hydroxylation is 3. The fraction of sp³-hybridized carbons (Fsp3) is 0.259. The highest BCUT2D eigenvalue weighted by molar-refractivity contribution is 7.10. The van der Waals surface area contributed by atoms with Crippen LogP contribution in [-0.4, -0.2) is 16.8 Å². The van der Waals surface area contributed by atoms with Crippen molar-refractivity contribution < 1.29 is 27.9 Å². The summed E-state index contributed by atoms with van der Waals surface area (Å²) in [5, 5.41) is 13.1. The van der Waals surface area contributed by atoms with Crippen molar-refractivity contribution in [1.29, 1.82) is 0 Å². The van der Waals surface area contributed by atoms with E-state index in [2.05, 4.69) is 0 Å². The molecule has 3 aromatic rings. The maximum absolute atomic E-state index is 13.4. The number of aliphatic hydroxyl groups excluding tert-OH is 1. The molecule has 1 unspecified atom stereocenters. The predicted molar refractivity (Wildman–Crippen MR) is 128 cm³/mol. The van der Waals surface area contributed by atoms with Crippen LogP contribution >= 0.6 is 11.3 Å². The molecule has 1 aliphatic carbocycles. The molecular formula is C27H22F3NO3S. The van der Waals surface area contributed by atoms with Crippen LogP contribution in [0.2, 0.25) is 0 Å². The Hall–Kier alpha value is -3.39. The van der Waals surface area contributed by atoms with E-state index in [9.17, 15) is 27.9 Å². The molecule has 1 aromatic heterocycles. The van der Waals surface area contributed by atoms with Gasteiger partial charge in [-0.2, -0.15) is 13.2 Å². The highest BCUT2D eigenvalue weighted by Gasteiger charge is 2.48. The zero-order chi connectivity index (χ0) is 24.9. The molecule has 0 radical (unpaired) electrons. The van der Waals surface area contributed by atoms with Gasteiger partial charge in [-0.1, -0.05) is 18.2 Å². The summed E-state index contributed by atoms with van der Waals surface area (Å²) in [4.78, 5) is 28.2. The molecule has 1 saturated heterocycles. The molecule has 4 nitrogen and oxygen atoms in total. The van der Waals surface area contributed by atoms with Gasteiger partial charge in [-0.15, -0.1) is 11.3 Å². The molecule has 1 N–H and O–H groups in total. The Morgan fingerprint density at radius 2 is 1.77 bits per heavy atom. The summed E-state index contributed by atoms with van der Waals surface area (Å²) < 4.78 is 40.2. The van der Waals surface area contributed by atoms with Crippen LogP contribution < -0.4 is 4.90 Å². The van der Waals surface area contributed by atoms with Crippen LogP contribution in [0.3, 0.4) is 0 Å². The zero-order valence-corrected chi connectivity index (χ0v) is 19.7. The molecule has 2 aromatic carbocycles. The SMILES string of the molecule is Cc1ccsc1C1/C(=C(/O)c2ccc3c(c2)CCCC3)C(=O)C(=O)N1c1cccc(C(F)(F)F)c1. The van der Waals surface area contributed by atoms with E-state index in [1.807, 2.05) is 18.2 Å². The maximum atomic E-state index is 13.4. The van der Waals surface area contributed by atoms with Crippen LogP contribution in [0.5, 0.6) is 0 Å². The van der Waals surface area contributed by atoms with Gasteiger partial charge in [0, 0.05) is 16.1 Å². The zero-order valence-electron chi connectivity index (χ0n) is 18.9. The van der Waals surface area contributed by atoms with Gasteiger partial charge in [-0.25, -0.2) is 0 Å². The van der Waals surface area contributed by atoms with Gasteiger partial charge in [0.05, 0.1) is 11.1 Å². The number of Topliss-reactive ketones (excluding diaryl/α,β-unsaturated/α-hetero) is 1. The highest BCUT2D eigenvalue weighted by atomic mass is 32.1. The van der Waals surface area contributed by atoms with Crippen molar-refractivity contribution in [2.75, 3.05) is 4.90 Å². The number of hydrogen-bond donors (Lipinski definition) is 1. The number of carbonyl (C=O) groups is 2. The third-order valence-corrected chi connectivity index (χ3v) is 7.74. The number of amides is 1. The molecule has 2 heterocycles. The first-order valence-corrected chi connectivity index (χ1v) is 12.2. The average Bonchev–Trinajstić information content (AvgIpc) is 3.38. The van der Waals surface area contributed by atoms with Crippen LogP contribution in [0, 0.1) is 6.92 Å². The van der Waals surface area contributed by atoms with E-state index in [0.717, 1.165) is 53.8 Å². The van der Waals surface area contributed by atoms with E-state index < -0.39 is 29.5 Å². The number of aliphatic hydroxyl groups is 1. The number of hydrogen-bond acceptors (Lipinski definition) is 4. The molecule has 1 amide bonds. The number of ketones is 1. The molecule has 180 valence electrons. The number of rotatable bonds is 3. The molecule has 35 heavy (non-hydrogen) atoms. The quantitative estimate of drug-likeness (QED) is 0.253. The molecule has 1 aliphatic heterocycles. The van der Waals surface area contributed by atoms with Gasteiger partial charge in [0.15, 0.2) is 0 Å². The number of carbonyl (C=O) groups excluding carboxylic acids is 2. The second kappa shape index (κ2) is 8.68. The highest BCUT2D eigenvalue weighted by Crippen LogP contribution is 2.45. The standard InChI is InChI=1S/C27H22F3NO3S/c1-15-11-12-35-25(15)22-21(23(32)18-10-9-16-5-2-3-6-17(16)13-18)24(33)26(34)31(22)20-8-4-7-19(14-20)27(28,29)30/h4,7-14,22,32H,2-3,5-6H2,1H3/b23-21-. The van der Waals surface area contributed by atoms with Crippen molar-refractivity contribution in [3.63, 3.8) is 0 Å². The van der Waals surface area contributed by atoms with Gasteiger partial charge in [0.1, 0.15) is 11.8 Å². The second-order valence-electron chi connectivity index (χ2n) is 8.88. The fourth-order valence-corrected chi connectivity index (χ4v) is 5.90. The van der Waals surface area contributed by atoms with Gasteiger partial charge < -0.3 is 5.11 Å². The minimum atomic E-state index is -4.61. The molecule has 0 saturated carbocycles. The van der Waals surface area contributed by atoms with E-state index in [1.165, 1.54) is 29.0 Å². The number of alkyl halides is 3. The number of nitrogens with zero attached hydrogens (tertiary/aromatic N) is 1. The predicted octanol–water partition coefficient (Wildman–Crippen LogP) is 6.58. The Labute approximate surface area is 204 Å². The minimum absolute atomic E-state index is 0.0517. The Bertz CT molecular complexity index is 1370. The summed E-state index contributed by atoms with van der Waals surface area (Å²) in [7, 11) is 0. The summed E-state index contributed by atoms with van der Waals surface area (Å²) >= 11 is 1.28. The van der Waals surface area contributed by atoms with Crippen molar-refractivity contribution in [2.24, 2.45) is 0 Å². The molecule has 8 heteroatoms. The van der Waals surface area contributed by atoms with E-state index in [4.69, 9.17) is 0 Å². The lowest BCUT2D eigenvalue weighted by molar-refractivity contribution is -0.137. The van der Waals surface area contributed by atoms with E-state index in [1.54, 1.807) is 18.4 Å². The minimum Gasteiger partial charge on any atom is -0.507 e. The Morgan fingerprint density at radius 1 is 1.03 bits per heavy atom. The van der Waals surface area contributed by atoms with E-state index >= 15 is 0 Å². The maximum Gasteiger partial charge on any atom is 0.416 e. The molecule has 1 atom stereocenters. The Kier molecular flexibility index (Phi) is 5.79. The number of halogens is 3. The summed E-state index contributed by atoms with van der Waals surface area (Å²) in [5.74, 6) is -2.21. The number of benzene rings is 2. The molecule has 1 fully saturated rings. The first-order chi connectivity index (χ1) is 16.7. The number of fused-ring (bicyclic) bond motifs is 1. The van der Waals surface area contributed by atoms with Crippen molar-refractivity contribution in [3.8, 4) is 0 Å². The summed E-state index contributed by atoms with van der Waals surface area (Å²) in [6.07, 6.45) is -0.669. The molecule has 0 bridgehead atoms. The molecular weight excluding hydrogens is 475 g/mol. The van der Waals surface area contributed by atoms with Gasteiger partial charge in [0.2, 0.25) is 0 Å².